The predicted octanol–water partition coefficient (Wildman–Crippen LogP) is 3.17. The number of nitriles is 1. The van der Waals surface area contributed by atoms with Crippen molar-refractivity contribution in [3.05, 3.63) is 54.4 Å². The third kappa shape index (κ3) is 4.08. The normalized spacial score (nSPS) is 10.2. The lowest BCUT2D eigenvalue weighted by Crippen LogP contribution is -1.99. The number of hydrogen-bond donors (Lipinski definition) is 0. The third-order valence-corrected chi connectivity index (χ3v) is 3.68. The number of rotatable bonds is 6. The molecular weight excluding hydrogens is 312 g/mol. The second kappa shape index (κ2) is 7.42. The van der Waals surface area contributed by atoms with Crippen LogP contribution in [-0.4, -0.2) is 27.5 Å². The van der Waals surface area contributed by atoms with Crippen molar-refractivity contribution in [2.75, 3.05) is 12.4 Å². The van der Waals surface area contributed by atoms with E-state index < -0.39 is 0 Å². The Bertz CT molecular complexity index is 797. The molecule has 0 unspecified atom stereocenters. The molecule has 1 aromatic carbocycles. The maximum atomic E-state index is 8.73. The van der Waals surface area contributed by atoms with Gasteiger partial charge in [0, 0.05) is 23.7 Å². The molecule has 0 spiro atoms. The fourth-order valence-electron chi connectivity index (χ4n) is 1.79. The van der Waals surface area contributed by atoms with Crippen LogP contribution in [0.5, 0.6) is 5.75 Å². The number of aromatic nitrogens is 3. The Kier molecular flexibility index (Phi) is 4.86. The largest absolute Gasteiger partial charge is 0.493 e. The summed E-state index contributed by atoms with van der Waals surface area (Å²) in [5.41, 5.74) is 1.45. The summed E-state index contributed by atoms with van der Waals surface area (Å²) in [6.45, 7) is 0.504. The summed E-state index contributed by atoms with van der Waals surface area (Å²) < 4.78 is 11.2. The summed E-state index contributed by atoms with van der Waals surface area (Å²) in [5.74, 6) is 1.88. The van der Waals surface area contributed by atoms with Crippen LogP contribution in [0.1, 0.15) is 5.56 Å². The van der Waals surface area contributed by atoms with E-state index in [1.54, 1.807) is 36.7 Å². The highest BCUT2D eigenvalue weighted by Gasteiger charge is 2.08. The maximum Gasteiger partial charge on any atom is 0.276 e. The first-order chi connectivity index (χ1) is 11.3. The molecule has 0 bridgehead atoms. The summed E-state index contributed by atoms with van der Waals surface area (Å²) in [5, 5.41) is 17.2. The van der Waals surface area contributed by atoms with Gasteiger partial charge in [0.1, 0.15) is 5.75 Å². The van der Waals surface area contributed by atoms with Gasteiger partial charge in [-0.05, 0) is 36.4 Å². The van der Waals surface area contributed by atoms with Gasteiger partial charge in [-0.15, -0.1) is 10.2 Å². The fourth-order valence-corrected chi connectivity index (χ4v) is 2.37. The van der Waals surface area contributed by atoms with E-state index in [0.29, 0.717) is 29.0 Å². The number of benzene rings is 1. The van der Waals surface area contributed by atoms with Gasteiger partial charge in [-0.3, -0.25) is 4.98 Å². The summed E-state index contributed by atoms with van der Waals surface area (Å²) in [6, 6.07) is 12.7. The quantitative estimate of drug-likeness (QED) is 0.508. The Morgan fingerprint density at radius 3 is 2.61 bits per heavy atom. The Morgan fingerprint density at radius 2 is 1.87 bits per heavy atom. The fraction of sp³-hybridized carbons (Fsp3) is 0.125. The van der Waals surface area contributed by atoms with Crippen molar-refractivity contribution in [1.29, 1.82) is 5.26 Å². The van der Waals surface area contributed by atoms with E-state index in [-0.39, 0.29) is 0 Å². The van der Waals surface area contributed by atoms with E-state index in [2.05, 4.69) is 21.3 Å². The van der Waals surface area contributed by atoms with E-state index in [9.17, 15) is 0 Å². The summed E-state index contributed by atoms with van der Waals surface area (Å²) in [6.07, 6.45) is 3.36. The van der Waals surface area contributed by atoms with E-state index in [1.165, 1.54) is 11.8 Å². The predicted molar refractivity (Wildman–Crippen MR) is 84.9 cm³/mol. The Labute approximate surface area is 137 Å². The van der Waals surface area contributed by atoms with Crippen LogP contribution in [0.3, 0.4) is 0 Å². The van der Waals surface area contributed by atoms with Crippen LogP contribution in [0.4, 0.5) is 0 Å². The standard InChI is InChI=1S/C16H12N4O2S/c17-11-12-1-3-14(4-2-12)21-9-10-23-16-20-19-15(22-16)13-5-7-18-8-6-13/h1-8H,9-10H2. The van der Waals surface area contributed by atoms with Crippen molar-refractivity contribution in [3.63, 3.8) is 0 Å². The van der Waals surface area contributed by atoms with Gasteiger partial charge in [-0.25, -0.2) is 0 Å². The van der Waals surface area contributed by atoms with Crippen LogP contribution < -0.4 is 4.74 Å². The molecule has 2 aromatic heterocycles. The van der Waals surface area contributed by atoms with Crippen molar-refractivity contribution in [1.82, 2.24) is 15.2 Å². The van der Waals surface area contributed by atoms with Gasteiger partial charge in [-0.1, -0.05) is 11.8 Å². The zero-order chi connectivity index (χ0) is 15.9. The van der Waals surface area contributed by atoms with Gasteiger partial charge in [0.2, 0.25) is 5.89 Å². The molecule has 23 heavy (non-hydrogen) atoms. The number of hydrogen-bond acceptors (Lipinski definition) is 7. The molecule has 114 valence electrons. The molecule has 0 aliphatic heterocycles. The number of pyridine rings is 1. The van der Waals surface area contributed by atoms with Gasteiger partial charge < -0.3 is 9.15 Å². The molecule has 0 saturated carbocycles. The molecule has 0 amide bonds. The van der Waals surface area contributed by atoms with Crippen molar-refractivity contribution < 1.29 is 9.15 Å². The number of ether oxygens (including phenoxy) is 1. The Hall–Kier alpha value is -2.85. The van der Waals surface area contributed by atoms with Gasteiger partial charge in [0.15, 0.2) is 0 Å². The third-order valence-electron chi connectivity index (χ3n) is 2.89. The number of nitrogens with zero attached hydrogens (tertiary/aromatic N) is 4. The molecule has 0 atom stereocenters. The molecule has 0 N–H and O–H groups in total. The van der Waals surface area contributed by atoms with E-state index >= 15 is 0 Å². The highest BCUT2D eigenvalue weighted by Crippen LogP contribution is 2.22. The number of thioether (sulfide) groups is 1. The van der Waals surface area contributed by atoms with Crippen molar-refractivity contribution in [3.8, 4) is 23.3 Å². The average molecular weight is 324 g/mol. The van der Waals surface area contributed by atoms with Crippen molar-refractivity contribution in [2.45, 2.75) is 5.22 Å². The molecule has 0 aliphatic rings. The molecule has 0 fully saturated rings. The Balaban J connectivity index is 1.47. The van der Waals surface area contributed by atoms with Crippen LogP contribution in [0.15, 0.2) is 58.4 Å². The highest BCUT2D eigenvalue weighted by molar-refractivity contribution is 7.99. The molecule has 0 saturated heterocycles. The lowest BCUT2D eigenvalue weighted by atomic mass is 10.2. The molecule has 0 aliphatic carbocycles. The van der Waals surface area contributed by atoms with Gasteiger partial charge in [0.25, 0.3) is 5.22 Å². The molecule has 6 nitrogen and oxygen atoms in total. The minimum atomic E-state index is 0.475. The maximum absolute atomic E-state index is 8.73. The molecular formula is C16H12N4O2S. The topological polar surface area (TPSA) is 84.8 Å². The van der Waals surface area contributed by atoms with Gasteiger partial charge in [-0.2, -0.15) is 5.26 Å². The summed E-state index contributed by atoms with van der Waals surface area (Å²) in [7, 11) is 0. The van der Waals surface area contributed by atoms with Gasteiger partial charge in [0.05, 0.1) is 18.2 Å². The first-order valence-electron chi connectivity index (χ1n) is 6.85. The molecule has 3 rings (SSSR count). The van der Waals surface area contributed by atoms with Crippen LogP contribution in [0.2, 0.25) is 0 Å². The van der Waals surface area contributed by atoms with Crippen LogP contribution in [0, 0.1) is 11.3 Å². The summed E-state index contributed by atoms with van der Waals surface area (Å²) >= 11 is 1.43. The lowest BCUT2D eigenvalue weighted by Gasteiger charge is -2.04. The minimum absolute atomic E-state index is 0.475. The second-order valence-electron chi connectivity index (χ2n) is 4.44. The van der Waals surface area contributed by atoms with Gasteiger partial charge >= 0.3 is 0 Å². The van der Waals surface area contributed by atoms with Crippen LogP contribution >= 0.6 is 11.8 Å². The minimum Gasteiger partial charge on any atom is -0.493 e. The molecule has 3 aromatic rings. The monoisotopic (exact) mass is 324 g/mol. The average Bonchev–Trinajstić information content (AvgIpc) is 3.09. The molecule has 0 radical (unpaired) electrons. The highest BCUT2D eigenvalue weighted by atomic mass is 32.2. The first kappa shape index (κ1) is 15.1. The first-order valence-corrected chi connectivity index (χ1v) is 7.83. The van der Waals surface area contributed by atoms with Crippen molar-refractivity contribution in [2.24, 2.45) is 0 Å². The Morgan fingerprint density at radius 1 is 1.09 bits per heavy atom. The zero-order valence-corrected chi connectivity index (χ0v) is 12.9. The van der Waals surface area contributed by atoms with Crippen LogP contribution in [0.25, 0.3) is 11.5 Å². The van der Waals surface area contributed by atoms with Crippen molar-refractivity contribution >= 4 is 11.8 Å². The van der Waals surface area contributed by atoms with Crippen LogP contribution in [-0.2, 0) is 0 Å². The van der Waals surface area contributed by atoms with E-state index in [1.807, 2.05) is 12.1 Å². The van der Waals surface area contributed by atoms with E-state index in [4.69, 9.17) is 14.4 Å². The SMILES string of the molecule is N#Cc1ccc(OCCSc2nnc(-c3ccncc3)o2)cc1. The molecule has 2 heterocycles. The molecule has 7 heteroatoms. The summed E-state index contributed by atoms with van der Waals surface area (Å²) in [4.78, 5) is 3.95. The zero-order valence-electron chi connectivity index (χ0n) is 12.0. The van der Waals surface area contributed by atoms with E-state index in [0.717, 1.165) is 11.3 Å². The smallest absolute Gasteiger partial charge is 0.276 e. The second-order valence-corrected chi connectivity index (χ2v) is 5.49. The lowest BCUT2D eigenvalue weighted by molar-refractivity contribution is 0.343.